The molecule has 0 aliphatic carbocycles. The van der Waals surface area contributed by atoms with E-state index in [1.54, 1.807) is 0 Å². The summed E-state index contributed by atoms with van der Waals surface area (Å²) in [4.78, 5) is 0. The van der Waals surface area contributed by atoms with Gasteiger partial charge in [0.15, 0.2) is 0 Å². The molecule has 0 aromatic heterocycles. The molecule has 0 nitrogen and oxygen atoms in total. The Morgan fingerprint density at radius 1 is 0.562 bits per heavy atom. The number of hydrogen-bond donors (Lipinski definition) is 0. The van der Waals surface area contributed by atoms with E-state index >= 15 is 0 Å². The molecule has 0 rings (SSSR count). The van der Waals surface area contributed by atoms with Gasteiger partial charge in [0.05, 0.1) is 12.8 Å². The van der Waals surface area contributed by atoms with Gasteiger partial charge in [-0.15, -0.1) is 0 Å². The molecule has 0 N–H and O–H groups in total. The fourth-order valence-electron chi connectivity index (χ4n) is 0.762. The van der Waals surface area contributed by atoms with Crippen LogP contribution in [0.3, 0.4) is 0 Å². The van der Waals surface area contributed by atoms with Gasteiger partial charge >= 0.3 is 19.7 Å². The minimum Gasteiger partial charge on any atom is -0.200 e. The van der Waals surface area contributed by atoms with Gasteiger partial charge in [-0.2, -0.15) is 35.1 Å². The van der Waals surface area contributed by atoms with E-state index in [0.29, 0.717) is 0 Å². The Bertz CT molecular complexity index is 214. The Kier molecular flexibility index (Phi) is 5.15. The van der Waals surface area contributed by atoms with Crippen molar-refractivity contribution in [3.8, 4) is 0 Å². The normalized spacial score (nSPS) is 15.4. The molecular formula is C6H4F8I2. The zero-order chi connectivity index (χ0) is 13.4. The van der Waals surface area contributed by atoms with Gasteiger partial charge in [-0.05, 0) is 45.2 Å². The summed E-state index contributed by atoms with van der Waals surface area (Å²) in [6, 6.07) is 0. The zero-order valence-electron chi connectivity index (χ0n) is 7.19. The first-order valence-corrected chi connectivity index (χ1v) is 5.71. The van der Waals surface area contributed by atoms with Crippen molar-refractivity contribution in [1.29, 1.82) is 0 Å². The molecule has 0 aliphatic rings. The third-order valence-electron chi connectivity index (χ3n) is 1.38. The maximum atomic E-state index is 12.7. The highest BCUT2D eigenvalue weighted by Gasteiger charge is 2.62. The highest BCUT2D eigenvalue weighted by atomic mass is 127. The molecule has 0 heterocycles. The van der Waals surface area contributed by atoms with Crippen molar-refractivity contribution in [2.45, 2.75) is 32.5 Å². The predicted molar refractivity (Wildman–Crippen MR) is 57.1 cm³/mol. The van der Waals surface area contributed by atoms with E-state index in [2.05, 4.69) is 0 Å². The molecule has 0 fully saturated rings. The fourth-order valence-corrected chi connectivity index (χ4v) is 1.72. The van der Waals surface area contributed by atoms with Crippen LogP contribution in [0.15, 0.2) is 0 Å². The topological polar surface area (TPSA) is 0 Å². The second-order valence-electron chi connectivity index (χ2n) is 2.99. The summed E-state index contributed by atoms with van der Waals surface area (Å²) in [6.45, 7) is 0. The molecule has 0 bridgehead atoms. The maximum Gasteiger partial charge on any atom is 0.317 e. The smallest absolute Gasteiger partial charge is 0.200 e. The summed E-state index contributed by atoms with van der Waals surface area (Å²) >= 11 is 0.486. The molecule has 0 aliphatic heterocycles. The van der Waals surface area contributed by atoms with Crippen molar-refractivity contribution in [1.82, 2.24) is 0 Å². The Balaban J connectivity index is 4.85. The Labute approximate surface area is 112 Å². The third-order valence-corrected chi connectivity index (χ3v) is 2.14. The second kappa shape index (κ2) is 4.88. The quantitative estimate of drug-likeness (QED) is 0.291. The standard InChI is InChI=1S/C6H4F8I2/c7-3(8,1-5(11,12)15)4(9,10)2-6(13,14)16/h1-2H2. The zero-order valence-corrected chi connectivity index (χ0v) is 11.5. The van der Waals surface area contributed by atoms with Crippen LogP contribution in [-0.2, 0) is 0 Å². The lowest BCUT2D eigenvalue weighted by atomic mass is 10.1. The fraction of sp³-hybridized carbons (Fsp3) is 1.00. The van der Waals surface area contributed by atoms with Gasteiger partial charge in [0.2, 0.25) is 0 Å². The van der Waals surface area contributed by atoms with Gasteiger partial charge in [0.25, 0.3) is 0 Å². The molecule has 0 saturated heterocycles. The molecule has 16 heavy (non-hydrogen) atoms. The molecule has 0 aromatic rings. The van der Waals surface area contributed by atoms with Gasteiger partial charge in [0, 0.05) is 0 Å². The van der Waals surface area contributed by atoms with Crippen LogP contribution >= 0.6 is 45.2 Å². The number of rotatable bonds is 5. The lowest BCUT2D eigenvalue weighted by Gasteiger charge is -2.29. The Hall–Kier alpha value is 0.900. The van der Waals surface area contributed by atoms with Crippen LogP contribution in [0.5, 0.6) is 0 Å². The molecule has 0 amide bonds. The first-order chi connectivity index (χ1) is 6.66. The molecule has 0 unspecified atom stereocenters. The van der Waals surface area contributed by atoms with Gasteiger partial charge in [-0.3, -0.25) is 0 Å². The van der Waals surface area contributed by atoms with Gasteiger partial charge in [-0.1, -0.05) is 0 Å². The van der Waals surface area contributed by atoms with E-state index in [1.165, 1.54) is 0 Å². The van der Waals surface area contributed by atoms with Crippen LogP contribution < -0.4 is 0 Å². The Morgan fingerprint density at radius 3 is 0.875 bits per heavy atom. The SMILES string of the molecule is FC(F)(I)CC(F)(F)C(F)(F)CC(F)(F)I. The summed E-state index contributed by atoms with van der Waals surface area (Å²) < 4.78 is 91.1. The molecule has 0 spiro atoms. The summed E-state index contributed by atoms with van der Waals surface area (Å²) in [7, 11) is 0. The first-order valence-electron chi connectivity index (χ1n) is 3.55. The van der Waals surface area contributed by atoms with E-state index in [4.69, 9.17) is 0 Å². The van der Waals surface area contributed by atoms with Crippen molar-refractivity contribution in [3.05, 3.63) is 0 Å². The van der Waals surface area contributed by atoms with Crippen molar-refractivity contribution in [2.75, 3.05) is 0 Å². The van der Waals surface area contributed by atoms with E-state index in [1.807, 2.05) is 0 Å². The third kappa shape index (κ3) is 6.00. The van der Waals surface area contributed by atoms with Crippen molar-refractivity contribution in [2.24, 2.45) is 0 Å². The number of alkyl halides is 10. The summed E-state index contributed by atoms with van der Waals surface area (Å²) in [6.07, 6.45) is -4.97. The molecule has 0 radical (unpaired) electrons. The van der Waals surface area contributed by atoms with E-state index in [-0.39, 0.29) is 45.2 Å². The highest BCUT2D eigenvalue weighted by Crippen LogP contribution is 2.49. The molecule has 0 atom stereocenters. The lowest BCUT2D eigenvalue weighted by Crippen LogP contribution is -2.45. The van der Waals surface area contributed by atoms with Crippen molar-refractivity contribution < 1.29 is 35.1 Å². The Morgan fingerprint density at radius 2 is 0.750 bits per heavy atom. The second-order valence-corrected chi connectivity index (χ2v) is 6.15. The van der Waals surface area contributed by atoms with Crippen molar-refractivity contribution >= 4 is 45.2 Å². The summed E-state index contributed by atoms with van der Waals surface area (Å²) in [5, 5.41) is 0. The molecular weight excluding hydrogens is 478 g/mol. The van der Waals surface area contributed by atoms with E-state index < -0.39 is 32.5 Å². The summed E-state index contributed by atoms with van der Waals surface area (Å²) in [5.74, 6) is -10.4. The number of halogens is 10. The monoisotopic (exact) mass is 482 g/mol. The van der Waals surface area contributed by atoms with Gasteiger partial charge in [-0.25, -0.2) is 0 Å². The minimum absolute atomic E-state index is 0.243. The number of hydrogen-bond acceptors (Lipinski definition) is 0. The van der Waals surface area contributed by atoms with Gasteiger partial charge in [0.1, 0.15) is 0 Å². The van der Waals surface area contributed by atoms with Crippen LogP contribution in [0.1, 0.15) is 12.8 Å². The maximum absolute atomic E-state index is 12.7. The van der Waals surface area contributed by atoms with Crippen LogP contribution in [-0.4, -0.2) is 19.7 Å². The predicted octanol–water partition coefficient (Wildman–Crippen LogP) is 5.09. The van der Waals surface area contributed by atoms with Crippen molar-refractivity contribution in [3.63, 3.8) is 0 Å². The van der Waals surface area contributed by atoms with Crippen LogP contribution in [0, 0.1) is 0 Å². The van der Waals surface area contributed by atoms with Crippen LogP contribution in [0.25, 0.3) is 0 Å². The van der Waals surface area contributed by atoms with Gasteiger partial charge < -0.3 is 0 Å². The average molecular weight is 482 g/mol. The largest absolute Gasteiger partial charge is 0.317 e. The molecule has 10 heteroatoms. The minimum atomic E-state index is -5.19. The highest BCUT2D eigenvalue weighted by molar-refractivity contribution is 14.1. The van der Waals surface area contributed by atoms with E-state index in [0.717, 1.165) is 0 Å². The molecule has 98 valence electrons. The lowest BCUT2D eigenvalue weighted by molar-refractivity contribution is -0.240. The van der Waals surface area contributed by atoms with E-state index in [9.17, 15) is 35.1 Å². The summed E-state index contributed by atoms with van der Waals surface area (Å²) in [5.41, 5.74) is 0. The first kappa shape index (κ1) is 16.9. The molecule has 0 saturated carbocycles. The van der Waals surface area contributed by atoms with Crippen LogP contribution in [0.2, 0.25) is 0 Å². The van der Waals surface area contributed by atoms with Crippen LogP contribution in [0.4, 0.5) is 35.1 Å². The molecule has 0 aromatic carbocycles. The average Bonchev–Trinajstić information content (AvgIpc) is 1.72.